The van der Waals surface area contributed by atoms with Gasteiger partial charge in [0.15, 0.2) is 0 Å². The van der Waals surface area contributed by atoms with E-state index in [1.54, 1.807) is 0 Å². The Morgan fingerprint density at radius 3 is 2.80 bits per heavy atom. The maximum atomic E-state index is 12.1. The molecule has 0 spiro atoms. The zero-order valence-electron chi connectivity index (χ0n) is 11.8. The SMILES string of the molecule is C[C@@H]1CCCN(S(=O)(=O)NCCOc2ccccc2)C1. The van der Waals surface area contributed by atoms with Gasteiger partial charge in [-0.2, -0.15) is 17.4 Å². The van der Waals surface area contributed by atoms with Crippen molar-refractivity contribution in [2.45, 2.75) is 19.8 Å². The highest BCUT2D eigenvalue weighted by Crippen LogP contribution is 2.17. The summed E-state index contributed by atoms with van der Waals surface area (Å²) in [5.74, 6) is 1.18. The molecule has 1 aliphatic rings. The molecule has 1 aromatic carbocycles. The molecule has 112 valence electrons. The van der Waals surface area contributed by atoms with Gasteiger partial charge >= 0.3 is 0 Å². The fourth-order valence-corrected chi connectivity index (χ4v) is 3.66. The molecule has 1 N–H and O–H groups in total. The van der Waals surface area contributed by atoms with E-state index in [1.807, 2.05) is 30.3 Å². The minimum Gasteiger partial charge on any atom is -0.492 e. The highest BCUT2D eigenvalue weighted by molar-refractivity contribution is 7.87. The molecule has 2 rings (SSSR count). The second kappa shape index (κ2) is 7.06. The first-order chi connectivity index (χ1) is 9.58. The van der Waals surface area contributed by atoms with Crippen molar-refractivity contribution < 1.29 is 13.2 Å². The van der Waals surface area contributed by atoms with Gasteiger partial charge in [0.05, 0.1) is 0 Å². The molecule has 0 aliphatic carbocycles. The molecule has 1 fully saturated rings. The molecule has 0 saturated carbocycles. The third-order valence-corrected chi connectivity index (χ3v) is 4.94. The van der Waals surface area contributed by atoms with Gasteiger partial charge < -0.3 is 4.74 Å². The summed E-state index contributed by atoms with van der Waals surface area (Å²) in [4.78, 5) is 0. The van der Waals surface area contributed by atoms with Crippen LogP contribution in [0.25, 0.3) is 0 Å². The molecular formula is C14H22N2O3S. The number of rotatable bonds is 6. The number of ether oxygens (including phenoxy) is 1. The molecule has 0 aromatic heterocycles. The van der Waals surface area contributed by atoms with E-state index in [0.29, 0.717) is 25.6 Å². The van der Waals surface area contributed by atoms with Crippen LogP contribution >= 0.6 is 0 Å². The van der Waals surface area contributed by atoms with E-state index >= 15 is 0 Å². The molecular weight excluding hydrogens is 276 g/mol. The molecule has 20 heavy (non-hydrogen) atoms. The van der Waals surface area contributed by atoms with Gasteiger partial charge in [-0.3, -0.25) is 0 Å². The number of nitrogens with zero attached hydrogens (tertiary/aromatic N) is 1. The number of para-hydroxylation sites is 1. The van der Waals surface area contributed by atoms with Crippen LogP contribution in [0.1, 0.15) is 19.8 Å². The first-order valence-electron chi connectivity index (χ1n) is 7.00. The molecule has 1 heterocycles. The summed E-state index contributed by atoms with van der Waals surface area (Å²) in [6.45, 7) is 3.91. The van der Waals surface area contributed by atoms with Crippen molar-refractivity contribution in [1.82, 2.24) is 9.03 Å². The van der Waals surface area contributed by atoms with E-state index in [-0.39, 0.29) is 6.54 Å². The lowest BCUT2D eigenvalue weighted by Gasteiger charge is -2.29. The smallest absolute Gasteiger partial charge is 0.279 e. The predicted molar refractivity (Wildman–Crippen MR) is 78.8 cm³/mol. The van der Waals surface area contributed by atoms with Crippen LogP contribution in [0, 0.1) is 5.92 Å². The first kappa shape index (κ1) is 15.3. The van der Waals surface area contributed by atoms with Crippen molar-refractivity contribution >= 4 is 10.2 Å². The predicted octanol–water partition coefficient (Wildman–Crippen LogP) is 1.63. The highest BCUT2D eigenvalue weighted by atomic mass is 32.2. The monoisotopic (exact) mass is 298 g/mol. The summed E-state index contributed by atoms with van der Waals surface area (Å²) in [7, 11) is -3.37. The average Bonchev–Trinajstić information content (AvgIpc) is 2.45. The topological polar surface area (TPSA) is 58.6 Å². The van der Waals surface area contributed by atoms with Gasteiger partial charge in [-0.25, -0.2) is 0 Å². The molecule has 1 saturated heterocycles. The Balaban J connectivity index is 1.75. The number of hydrogen-bond donors (Lipinski definition) is 1. The Morgan fingerprint density at radius 1 is 1.35 bits per heavy atom. The lowest BCUT2D eigenvalue weighted by atomic mass is 10.0. The van der Waals surface area contributed by atoms with Crippen molar-refractivity contribution in [2.75, 3.05) is 26.2 Å². The van der Waals surface area contributed by atoms with Gasteiger partial charge in [0, 0.05) is 19.6 Å². The van der Waals surface area contributed by atoms with E-state index in [4.69, 9.17) is 4.74 Å². The maximum absolute atomic E-state index is 12.1. The van der Waals surface area contributed by atoms with Gasteiger partial charge in [0.25, 0.3) is 10.2 Å². The fourth-order valence-electron chi connectivity index (χ4n) is 2.31. The van der Waals surface area contributed by atoms with Gasteiger partial charge in [-0.05, 0) is 30.9 Å². The number of nitrogens with one attached hydrogen (secondary N) is 1. The van der Waals surface area contributed by atoms with Gasteiger partial charge in [-0.15, -0.1) is 0 Å². The number of hydrogen-bond acceptors (Lipinski definition) is 3. The summed E-state index contributed by atoms with van der Waals surface area (Å²) >= 11 is 0. The summed E-state index contributed by atoms with van der Waals surface area (Å²) in [6, 6.07) is 9.37. The molecule has 5 nitrogen and oxygen atoms in total. The molecule has 0 amide bonds. The Morgan fingerprint density at radius 2 is 2.10 bits per heavy atom. The van der Waals surface area contributed by atoms with Gasteiger partial charge in [-0.1, -0.05) is 25.1 Å². The van der Waals surface area contributed by atoms with Crippen molar-refractivity contribution in [3.8, 4) is 5.75 Å². The summed E-state index contributed by atoms with van der Waals surface area (Å²) in [5.41, 5.74) is 0. The largest absolute Gasteiger partial charge is 0.492 e. The maximum Gasteiger partial charge on any atom is 0.279 e. The molecule has 1 aromatic rings. The van der Waals surface area contributed by atoms with Crippen LogP contribution in [0.2, 0.25) is 0 Å². The average molecular weight is 298 g/mol. The van der Waals surface area contributed by atoms with Crippen molar-refractivity contribution in [1.29, 1.82) is 0 Å². The molecule has 0 radical (unpaired) electrons. The molecule has 0 bridgehead atoms. The van der Waals surface area contributed by atoms with E-state index in [2.05, 4.69) is 11.6 Å². The van der Waals surface area contributed by atoms with Crippen molar-refractivity contribution in [3.05, 3.63) is 30.3 Å². The minimum atomic E-state index is -3.37. The van der Waals surface area contributed by atoms with E-state index in [0.717, 1.165) is 18.6 Å². The summed E-state index contributed by atoms with van der Waals surface area (Å²) < 4.78 is 33.8. The normalized spacial score (nSPS) is 20.8. The van der Waals surface area contributed by atoms with Crippen LogP contribution in [-0.4, -0.2) is 39.0 Å². The van der Waals surface area contributed by atoms with Crippen LogP contribution < -0.4 is 9.46 Å². The molecule has 1 atom stereocenters. The zero-order chi connectivity index (χ0) is 14.4. The number of benzene rings is 1. The Kier molecular flexibility index (Phi) is 5.39. The minimum absolute atomic E-state index is 0.280. The van der Waals surface area contributed by atoms with Crippen LogP contribution in [0.3, 0.4) is 0 Å². The Hall–Kier alpha value is -1.11. The van der Waals surface area contributed by atoms with E-state index < -0.39 is 10.2 Å². The quantitative estimate of drug-likeness (QED) is 0.812. The second-order valence-corrected chi connectivity index (χ2v) is 6.92. The van der Waals surface area contributed by atoms with Crippen molar-refractivity contribution in [2.24, 2.45) is 5.92 Å². The molecule has 6 heteroatoms. The van der Waals surface area contributed by atoms with Gasteiger partial charge in [0.1, 0.15) is 12.4 Å². The number of piperidine rings is 1. The third kappa shape index (κ3) is 4.47. The van der Waals surface area contributed by atoms with E-state index in [1.165, 1.54) is 4.31 Å². The highest BCUT2D eigenvalue weighted by Gasteiger charge is 2.26. The summed E-state index contributed by atoms with van der Waals surface area (Å²) in [6.07, 6.45) is 2.03. The second-order valence-electron chi connectivity index (χ2n) is 5.17. The van der Waals surface area contributed by atoms with Crippen LogP contribution in [0.4, 0.5) is 0 Å². The molecule has 1 aliphatic heterocycles. The molecule has 0 unspecified atom stereocenters. The van der Waals surface area contributed by atoms with Gasteiger partial charge in [0.2, 0.25) is 0 Å². The third-order valence-electron chi connectivity index (χ3n) is 3.36. The lowest BCUT2D eigenvalue weighted by molar-refractivity contribution is 0.275. The van der Waals surface area contributed by atoms with Crippen LogP contribution in [-0.2, 0) is 10.2 Å². The zero-order valence-corrected chi connectivity index (χ0v) is 12.6. The van der Waals surface area contributed by atoms with Crippen LogP contribution in [0.15, 0.2) is 30.3 Å². The van der Waals surface area contributed by atoms with E-state index in [9.17, 15) is 8.42 Å². The fraction of sp³-hybridized carbons (Fsp3) is 0.571. The standard InChI is InChI=1S/C14H22N2O3S/c1-13-6-5-10-16(12-13)20(17,18)15-9-11-19-14-7-3-2-4-8-14/h2-4,7-8,13,15H,5-6,9-12H2,1H3/t13-/m1/s1. The lowest BCUT2D eigenvalue weighted by Crippen LogP contribution is -2.46. The Bertz CT molecular complexity index is 504. The van der Waals surface area contributed by atoms with Crippen molar-refractivity contribution in [3.63, 3.8) is 0 Å². The summed E-state index contributed by atoms with van der Waals surface area (Å²) in [5, 5.41) is 0. The Labute approximate surface area is 121 Å². The van der Waals surface area contributed by atoms with Crippen LogP contribution in [0.5, 0.6) is 5.75 Å². The first-order valence-corrected chi connectivity index (χ1v) is 8.44.